The Kier molecular flexibility index (Phi) is 11.4. The number of amidine groups is 1. The van der Waals surface area contributed by atoms with Crippen LogP contribution in [0.15, 0.2) is 52.3 Å². The Morgan fingerprint density at radius 2 is 1.89 bits per heavy atom. The number of fused-ring (bicyclic) bond motifs is 2. The fourth-order valence-electron chi connectivity index (χ4n) is 9.70. The fourth-order valence-corrected chi connectivity index (χ4v) is 9.70. The van der Waals surface area contributed by atoms with Crippen LogP contribution in [-0.4, -0.2) is 89.7 Å². The molecule has 46 heavy (non-hydrogen) atoms. The average molecular weight is 636 g/mol. The summed E-state index contributed by atoms with van der Waals surface area (Å²) in [6.07, 6.45) is 23.3. The maximum atomic E-state index is 11.6. The third-order valence-corrected chi connectivity index (χ3v) is 12.2. The Hall–Kier alpha value is -1.97. The lowest BCUT2D eigenvalue weighted by Crippen LogP contribution is -2.47. The minimum Gasteiger partial charge on any atom is -0.490 e. The van der Waals surface area contributed by atoms with E-state index in [2.05, 4.69) is 66.4 Å². The summed E-state index contributed by atoms with van der Waals surface area (Å²) >= 11 is 0. The lowest BCUT2D eigenvalue weighted by molar-refractivity contribution is -0.0880. The number of likely N-dealkylation sites (N-methyl/N-ethyl adjacent to an activating group) is 1. The van der Waals surface area contributed by atoms with Crippen molar-refractivity contribution in [2.45, 2.75) is 121 Å². The molecule has 6 rings (SSSR count). The lowest BCUT2D eigenvalue weighted by Gasteiger charge is -2.43. The zero-order valence-corrected chi connectivity index (χ0v) is 28.7. The minimum absolute atomic E-state index is 0.136. The van der Waals surface area contributed by atoms with Crippen molar-refractivity contribution in [2.24, 2.45) is 40.3 Å². The lowest BCUT2D eigenvalue weighted by atomic mass is 9.69. The second-order valence-electron chi connectivity index (χ2n) is 15.1. The number of aliphatic hydroxyl groups is 2. The SMILES string of the molecule is CCC1OC2=CCCC=C2C(O)C1C(O)CC1CCCC(C2CCCN3C(=NCN)C(CNCC4C=CC(C)=CC4)N(C)C3C2)C1. The van der Waals surface area contributed by atoms with E-state index in [1.54, 1.807) is 0 Å². The predicted octanol–water partition coefficient (Wildman–Crippen LogP) is 5.10. The summed E-state index contributed by atoms with van der Waals surface area (Å²) in [6, 6.07) is 0.247. The molecule has 3 heterocycles. The molecule has 5 N–H and O–H groups in total. The number of nitrogens with two attached hydrogens (primary N) is 1. The molecule has 0 aromatic heterocycles. The van der Waals surface area contributed by atoms with E-state index >= 15 is 0 Å². The first-order chi connectivity index (χ1) is 22.4. The van der Waals surface area contributed by atoms with Gasteiger partial charge in [-0.25, -0.2) is 0 Å². The zero-order chi connectivity index (χ0) is 32.2. The smallest absolute Gasteiger partial charge is 0.121 e. The Morgan fingerprint density at radius 3 is 2.67 bits per heavy atom. The number of aliphatic hydroxyl groups excluding tert-OH is 2. The van der Waals surface area contributed by atoms with Crippen molar-refractivity contribution in [1.29, 1.82) is 0 Å². The third kappa shape index (κ3) is 7.36. The number of ether oxygens (including phenoxy) is 1. The molecular formula is C38H61N5O3. The molecule has 8 heteroatoms. The van der Waals surface area contributed by atoms with Crippen LogP contribution >= 0.6 is 0 Å². The van der Waals surface area contributed by atoms with E-state index in [1.807, 2.05) is 0 Å². The Bertz CT molecular complexity index is 1190. The van der Waals surface area contributed by atoms with Gasteiger partial charge in [0.2, 0.25) is 0 Å². The quantitative estimate of drug-likeness (QED) is 0.265. The molecule has 8 nitrogen and oxygen atoms in total. The molecule has 0 aromatic carbocycles. The van der Waals surface area contributed by atoms with Gasteiger partial charge < -0.3 is 30.9 Å². The third-order valence-electron chi connectivity index (χ3n) is 12.2. The van der Waals surface area contributed by atoms with E-state index in [0.717, 1.165) is 63.1 Å². The first-order valence-electron chi connectivity index (χ1n) is 18.6. The summed E-state index contributed by atoms with van der Waals surface area (Å²) in [5.41, 5.74) is 8.29. The van der Waals surface area contributed by atoms with Crippen molar-refractivity contribution in [3.8, 4) is 0 Å². The van der Waals surface area contributed by atoms with E-state index in [9.17, 15) is 10.2 Å². The van der Waals surface area contributed by atoms with Crippen LogP contribution in [0.3, 0.4) is 0 Å². The summed E-state index contributed by atoms with van der Waals surface area (Å²) in [7, 11) is 2.29. The second kappa shape index (κ2) is 15.5. The van der Waals surface area contributed by atoms with E-state index < -0.39 is 12.2 Å². The molecular weight excluding hydrogens is 574 g/mol. The minimum atomic E-state index is -0.641. The molecule has 0 aromatic rings. The molecule has 3 aliphatic carbocycles. The number of nitrogens with one attached hydrogen (secondary N) is 1. The monoisotopic (exact) mass is 635 g/mol. The first kappa shape index (κ1) is 33.9. The van der Waals surface area contributed by atoms with Gasteiger partial charge in [0.25, 0.3) is 0 Å². The number of rotatable bonds is 10. The van der Waals surface area contributed by atoms with Crippen molar-refractivity contribution in [3.05, 3.63) is 47.3 Å². The zero-order valence-electron chi connectivity index (χ0n) is 28.7. The number of hydrogen-bond donors (Lipinski definition) is 4. The molecule has 3 aliphatic heterocycles. The van der Waals surface area contributed by atoms with Gasteiger partial charge in [0, 0.05) is 25.2 Å². The molecule has 4 fully saturated rings. The van der Waals surface area contributed by atoms with Gasteiger partial charge in [0.1, 0.15) is 17.7 Å². The highest BCUT2D eigenvalue weighted by Crippen LogP contribution is 2.45. The van der Waals surface area contributed by atoms with E-state index in [1.165, 1.54) is 56.4 Å². The first-order valence-corrected chi connectivity index (χ1v) is 18.6. The Morgan fingerprint density at radius 1 is 1.09 bits per heavy atom. The van der Waals surface area contributed by atoms with E-state index in [-0.39, 0.29) is 18.1 Å². The van der Waals surface area contributed by atoms with E-state index in [4.69, 9.17) is 15.5 Å². The molecule has 3 saturated heterocycles. The van der Waals surface area contributed by atoms with Gasteiger partial charge in [0.05, 0.1) is 37.0 Å². The Balaban J connectivity index is 1.07. The summed E-state index contributed by atoms with van der Waals surface area (Å²) in [5, 5.41) is 26.8. The Labute approximate surface area is 277 Å². The van der Waals surface area contributed by atoms with Crippen LogP contribution in [0.5, 0.6) is 0 Å². The second-order valence-corrected chi connectivity index (χ2v) is 15.1. The topological polar surface area (TPSA) is 107 Å². The maximum absolute atomic E-state index is 11.6. The predicted molar refractivity (Wildman–Crippen MR) is 186 cm³/mol. The van der Waals surface area contributed by atoms with Crippen molar-refractivity contribution >= 4 is 5.84 Å². The van der Waals surface area contributed by atoms with Crippen molar-refractivity contribution in [1.82, 2.24) is 15.1 Å². The van der Waals surface area contributed by atoms with Gasteiger partial charge in [-0.3, -0.25) is 9.89 Å². The molecule has 1 saturated carbocycles. The molecule has 0 spiro atoms. The van der Waals surface area contributed by atoms with Gasteiger partial charge >= 0.3 is 0 Å². The number of hydrogen-bond acceptors (Lipinski definition) is 7. The summed E-state index contributed by atoms with van der Waals surface area (Å²) < 4.78 is 6.34. The van der Waals surface area contributed by atoms with Gasteiger partial charge in [-0.1, -0.05) is 56.1 Å². The van der Waals surface area contributed by atoms with Crippen LogP contribution in [0.4, 0.5) is 0 Å². The highest BCUT2D eigenvalue weighted by molar-refractivity contribution is 5.90. The van der Waals surface area contributed by atoms with Gasteiger partial charge in [-0.05, 0) is 102 Å². The molecule has 0 radical (unpaired) electrons. The van der Waals surface area contributed by atoms with Crippen molar-refractivity contribution in [3.63, 3.8) is 0 Å². The summed E-state index contributed by atoms with van der Waals surface area (Å²) in [4.78, 5) is 10.0. The standard InChI is InChI=1S/C38H61N5O3/c1-4-33-36(37(45)30-12-5-6-13-34(30)46-33)32(44)20-27-9-7-10-28(19-27)29-11-8-18-43-35(21-29)42(3)31(38(43)41-24-39)23-40-22-26-16-14-25(2)15-17-26/h12-16,26-29,31-33,35-37,40,44-45H,4-11,17-24,39H2,1-3H3. The van der Waals surface area contributed by atoms with Gasteiger partial charge in [-0.2, -0.15) is 0 Å². The van der Waals surface area contributed by atoms with Crippen molar-refractivity contribution < 1.29 is 14.9 Å². The van der Waals surface area contributed by atoms with Crippen LogP contribution in [0.25, 0.3) is 0 Å². The largest absolute Gasteiger partial charge is 0.490 e. The van der Waals surface area contributed by atoms with Crippen LogP contribution in [0.1, 0.15) is 90.9 Å². The molecule has 0 bridgehead atoms. The van der Waals surface area contributed by atoms with E-state index in [0.29, 0.717) is 36.5 Å². The van der Waals surface area contributed by atoms with Gasteiger partial charge in [-0.15, -0.1) is 0 Å². The summed E-state index contributed by atoms with van der Waals surface area (Å²) in [6.45, 7) is 7.55. The van der Waals surface area contributed by atoms with Crippen molar-refractivity contribution in [2.75, 3.05) is 33.4 Å². The van der Waals surface area contributed by atoms with Gasteiger partial charge in [0.15, 0.2) is 0 Å². The van der Waals surface area contributed by atoms with Crippen LogP contribution in [0, 0.1) is 29.6 Å². The van der Waals surface area contributed by atoms with Crippen LogP contribution < -0.4 is 11.1 Å². The van der Waals surface area contributed by atoms with Crippen LogP contribution in [0.2, 0.25) is 0 Å². The number of nitrogens with zero attached hydrogens (tertiary/aromatic N) is 3. The molecule has 256 valence electrons. The average Bonchev–Trinajstić information content (AvgIpc) is 3.19. The molecule has 10 unspecified atom stereocenters. The maximum Gasteiger partial charge on any atom is 0.121 e. The molecule has 10 atom stereocenters. The molecule has 6 aliphatic rings. The highest BCUT2D eigenvalue weighted by atomic mass is 16.5. The number of aliphatic imine (C=N–C) groups is 1. The fraction of sp³-hybridized carbons (Fsp3) is 0.763. The normalized spacial score (nSPS) is 38.3. The van der Waals surface area contributed by atoms with Crippen LogP contribution in [-0.2, 0) is 4.74 Å². The molecule has 0 amide bonds. The summed E-state index contributed by atoms with van der Waals surface area (Å²) in [5.74, 6) is 4.17. The number of allylic oxidation sites excluding steroid dienone is 5. The highest BCUT2D eigenvalue weighted by Gasteiger charge is 2.46.